The Kier molecular flexibility index (Phi) is 1.22. The Morgan fingerprint density at radius 1 is 1.36 bits per heavy atom. The van der Waals surface area contributed by atoms with Crippen LogP contribution in [0.5, 0.6) is 0 Å². The summed E-state index contributed by atoms with van der Waals surface area (Å²) >= 11 is 0. The number of rotatable bonds is 0. The minimum Gasteiger partial charge on any atom is -0.384 e. The van der Waals surface area contributed by atoms with E-state index in [1.54, 1.807) is 12.4 Å². The molecule has 0 radical (unpaired) electrons. The molecule has 2 aliphatic rings. The zero-order valence-corrected chi connectivity index (χ0v) is 5.86. The number of nitrogen functional groups attached to an aromatic ring is 1. The molecule has 2 heterocycles. The van der Waals surface area contributed by atoms with Gasteiger partial charge in [-0.05, 0) is 18.2 Å². The Balaban J connectivity index is 2.73. The largest absolute Gasteiger partial charge is 0.384 e. The molecule has 0 unspecified atom stereocenters. The fourth-order valence-electron chi connectivity index (χ4n) is 1.01. The second-order valence-electron chi connectivity index (χ2n) is 2.31. The van der Waals surface area contributed by atoms with Crippen molar-refractivity contribution in [3.63, 3.8) is 0 Å². The number of nitrogens with two attached hydrogens (primary N) is 1. The summed E-state index contributed by atoms with van der Waals surface area (Å²) in [6.07, 6.45) is 3.47. The van der Waals surface area contributed by atoms with E-state index in [1.807, 2.05) is 18.2 Å². The molecule has 0 aromatic rings. The van der Waals surface area contributed by atoms with Gasteiger partial charge in [0.05, 0.1) is 5.69 Å². The third-order valence-electron chi connectivity index (χ3n) is 1.49. The molecule has 0 amide bonds. The molecule has 11 heavy (non-hydrogen) atoms. The van der Waals surface area contributed by atoms with Crippen LogP contribution >= 0.6 is 0 Å². The first-order valence-electron chi connectivity index (χ1n) is 3.32. The molecule has 0 saturated carbocycles. The summed E-state index contributed by atoms with van der Waals surface area (Å²) in [6, 6.07) is 5.54. The molecule has 0 aromatic heterocycles. The molecular weight excluding hydrogens is 138 g/mol. The maximum absolute atomic E-state index is 5.49. The standard InChI is InChI=1S/C8H7N3/c9-8-4-6-5-10-3-1-2-7(6)11-8/h1-5H,(H2,9,11). The lowest BCUT2D eigenvalue weighted by Gasteiger charge is -1.82. The normalized spacial score (nSPS) is 10.2. The maximum Gasteiger partial charge on any atom is 0.124 e. The van der Waals surface area contributed by atoms with Gasteiger partial charge in [0.15, 0.2) is 0 Å². The number of hydrogen-bond acceptors (Lipinski definition) is 3. The zero-order valence-electron chi connectivity index (χ0n) is 5.86. The van der Waals surface area contributed by atoms with Crippen molar-refractivity contribution >= 4 is 5.82 Å². The van der Waals surface area contributed by atoms with Gasteiger partial charge in [-0.15, -0.1) is 0 Å². The SMILES string of the molecule is Nc1cc2cncccc-2n1. The topological polar surface area (TPSA) is 51.8 Å². The van der Waals surface area contributed by atoms with Crippen molar-refractivity contribution in [1.82, 2.24) is 9.97 Å². The molecule has 3 nitrogen and oxygen atoms in total. The second-order valence-corrected chi connectivity index (χ2v) is 2.31. The summed E-state index contributed by atoms with van der Waals surface area (Å²) in [5, 5.41) is 0. The lowest BCUT2D eigenvalue weighted by atomic mass is 10.2. The van der Waals surface area contributed by atoms with E-state index < -0.39 is 0 Å². The van der Waals surface area contributed by atoms with Crippen molar-refractivity contribution < 1.29 is 0 Å². The van der Waals surface area contributed by atoms with Crippen LogP contribution in [0.2, 0.25) is 0 Å². The molecule has 54 valence electrons. The van der Waals surface area contributed by atoms with Crippen LogP contribution in [0.25, 0.3) is 11.3 Å². The number of hydrogen-bond donors (Lipinski definition) is 1. The molecule has 0 aromatic carbocycles. The van der Waals surface area contributed by atoms with E-state index in [0.717, 1.165) is 11.3 Å². The van der Waals surface area contributed by atoms with Gasteiger partial charge >= 0.3 is 0 Å². The first-order chi connectivity index (χ1) is 5.36. The van der Waals surface area contributed by atoms with Crippen LogP contribution < -0.4 is 5.73 Å². The molecule has 2 aliphatic heterocycles. The number of anilines is 1. The molecule has 0 fully saturated rings. The highest BCUT2D eigenvalue weighted by Gasteiger charge is 2.02. The minimum atomic E-state index is 0.549. The fourth-order valence-corrected chi connectivity index (χ4v) is 1.01. The van der Waals surface area contributed by atoms with Crippen molar-refractivity contribution in [1.29, 1.82) is 0 Å². The van der Waals surface area contributed by atoms with Gasteiger partial charge < -0.3 is 5.73 Å². The second kappa shape index (κ2) is 2.20. The molecule has 0 spiro atoms. The highest BCUT2D eigenvalue weighted by atomic mass is 14.9. The van der Waals surface area contributed by atoms with Crippen LogP contribution in [0.15, 0.2) is 30.6 Å². The Bertz CT molecular complexity index is 315. The van der Waals surface area contributed by atoms with Gasteiger partial charge in [-0.1, -0.05) is 0 Å². The number of nitrogens with zero attached hydrogens (tertiary/aromatic N) is 2. The average Bonchev–Trinajstić information content (AvgIpc) is 2.17. The molecule has 2 N–H and O–H groups in total. The highest BCUT2D eigenvalue weighted by molar-refractivity contribution is 5.65. The molecule has 0 aliphatic carbocycles. The minimum absolute atomic E-state index is 0.549. The smallest absolute Gasteiger partial charge is 0.124 e. The van der Waals surface area contributed by atoms with Gasteiger partial charge in [-0.2, -0.15) is 0 Å². The predicted molar refractivity (Wildman–Crippen MR) is 43.1 cm³/mol. The molecule has 0 atom stereocenters. The number of aromatic nitrogens is 2. The highest BCUT2D eigenvalue weighted by Crippen LogP contribution is 2.20. The molecule has 0 bridgehead atoms. The summed E-state index contributed by atoms with van der Waals surface area (Å²) in [5.74, 6) is 0.549. The summed E-state index contributed by atoms with van der Waals surface area (Å²) in [7, 11) is 0. The summed E-state index contributed by atoms with van der Waals surface area (Å²) in [6.45, 7) is 0. The van der Waals surface area contributed by atoms with Crippen molar-refractivity contribution in [2.24, 2.45) is 0 Å². The lowest BCUT2D eigenvalue weighted by molar-refractivity contribution is 1.37. The predicted octanol–water partition coefficient (Wildman–Crippen LogP) is 1.16. The van der Waals surface area contributed by atoms with E-state index in [-0.39, 0.29) is 0 Å². The summed E-state index contributed by atoms with van der Waals surface area (Å²) in [4.78, 5) is 8.08. The van der Waals surface area contributed by atoms with Crippen LogP contribution in [-0.4, -0.2) is 9.97 Å². The van der Waals surface area contributed by atoms with E-state index >= 15 is 0 Å². The van der Waals surface area contributed by atoms with Gasteiger partial charge in [0, 0.05) is 18.0 Å². The monoisotopic (exact) mass is 145 g/mol. The van der Waals surface area contributed by atoms with Gasteiger partial charge in [-0.25, -0.2) is 4.98 Å². The van der Waals surface area contributed by atoms with Crippen molar-refractivity contribution in [2.45, 2.75) is 0 Å². The Morgan fingerprint density at radius 2 is 2.27 bits per heavy atom. The first-order valence-corrected chi connectivity index (χ1v) is 3.32. The Hall–Kier alpha value is -1.64. The van der Waals surface area contributed by atoms with E-state index in [4.69, 9.17) is 5.73 Å². The van der Waals surface area contributed by atoms with Gasteiger partial charge in [0.1, 0.15) is 5.82 Å². The maximum atomic E-state index is 5.49. The summed E-state index contributed by atoms with van der Waals surface area (Å²) in [5.41, 5.74) is 7.36. The molecule has 3 heteroatoms. The Labute approximate surface area is 64.2 Å². The molecular formula is C8H7N3. The van der Waals surface area contributed by atoms with Crippen LogP contribution in [0, 0.1) is 0 Å². The van der Waals surface area contributed by atoms with Crippen molar-refractivity contribution in [3.8, 4) is 11.3 Å². The van der Waals surface area contributed by atoms with Crippen LogP contribution in [0.3, 0.4) is 0 Å². The van der Waals surface area contributed by atoms with Crippen LogP contribution in [-0.2, 0) is 0 Å². The Morgan fingerprint density at radius 3 is 3.18 bits per heavy atom. The van der Waals surface area contributed by atoms with E-state index in [1.165, 1.54) is 0 Å². The third-order valence-corrected chi connectivity index (χ3v) is 1.49. The quantitative estimate of drug-likeness (QED) is 0.605. The number of fused-ring (bicyclic) bond motifs is 1. The first kappa shape index (κ1) is 6.09. The van der Waals surface area contributed by atoms with Crippen LogP contribution in [0.4, 0.5) is 5.82 Å². The third kappa shape index (κ3) is 1.00. The molecule has 0 saturated heterocycles. The van der Waals surface area contributed by atoms with Crippen molar-refractivity contribution in [3.05, 3.63) is 30.6 Å². The molecule has 2 rings (SSSR count). The van der Waals surface area contributed by atoms with E-state index in [9.17, 15) is 0 Å². The zero-order chi connectivity index (χ0) is 7.68. The van der Waals surface area contributed by atoms with E-state index in [0.29, 0.717) is 5.82 Å². The average molecular weight is 145 g/mol. The van der Waals surface area contributed by atoms with Gasteiger partial charge in [0.25, 0.3) is 0 Å². The van der Waals surface area contributed by atoms with Crippen LogP contribution in [0.1, 0.15) is 0 Å². The summed E-state index contributed by atoms with van der Waals surface area (Å²) < 4.78 is 0. The van der Waals surface area contributed by atoms with Gasteiger partial charge in [0.2, 0.25) is 0 Å². The lowest BCUT2D eigenvalue weighted by Crippen LogP contribution is -1.80. The van der Waals surface area contributed by atoms with E-state index in [2.05, 4.69) is 9.97 Å². The van der Waals surface area contributed by atoms with Crippen molar-refractivity contribution in [2.75, 3.05) is 5.73 Å². The fraction of sp³-hybridized carbons (Fsp3) is 0. The van der Waals surface area contributed by atoms with Gasteiger partial charge in [-0.3, -0.25) is 4.98 Å².